The van der Waals surface area contributed by atoms with E-state index in [1.54, 1.807) is 25.3 Å². The molecule has 18 heavy (non-hydrogen) atoms. The molecule has 1 aromatic carbocycles. The molecule has 0 saturated carbocycles. The maximum Gasteiger partial charge on any atom is 0.195 e. The quantitative estimate of drug-likeness (QED) is 0.615. The van der Waals surface area contributed by atoms with Gasteiger partial charge in [0.2, 0.25) is 0 Å². The maximum absolute atomic E-state index is 11.8. The van der Waals surface area contributed by atoms with Crippen molar-refractivity contribution in [2.24, 2.45) is 0 Å². The molecule has 0 radical (unpaired) electrons. The van der Waals surface area contributed by atoms with Gasteiger partial charge in [-0.25, -0.2) is 0 Å². The van der Waals surface area contributed by atoms with Crippen molar-refractivity contribution in [3.05, 3.63) is 57.3 Å². The molecule has 0 N–H and O–H groups in total. The molecule has 0 aliphatic rings. The van der Waals surface area contributed by atoms with E-state index >= 15 is 0 Å². The highest BCUT2D eigenvalue weighted by Gasteiger charge is 2.04. The molecule has 0 fully saturated rings. The van der Waals surface area contributed by atoms with Gasteiger partial charge in [-0.05, 0) is 35.9 Å². The predicted molar refractivity (Wildman–Crippen MR) is 75.7 cm³/mol. The standard InChI is InChI=1S/C14H11ClO2S/c1-17-11-4-2-3-10(9-11)5-6-12(16)13-7-8-14(15)18-13/h2-9H,1H3/b6-5+. The van der Waals surface area contributed by atoms with Gasteiger partial charge >= 0.3 is 0 Å². The number of allylic oxidation sites excluding steroid dienone is 1. The average Bonchev–Trinajstić information content (AvgIpc) is 2.83. The van der Waals surface area contributed by atoms with Gasteiger partial charge in [-0.1, -0.05) is 29.8 Å². The summed E-state index contributed by atoms with van der Waals surface area (Å²) in [7, 11) is 1.61. The van der Waals surface area contributed by atoms with Gasteiger partial charge in [0.05, 0.1) is 16.3 Å². The van der Waals surface area contributed by atoms with Crippen LogP contribution in [0.15, 0.2) is 42.5 Å². The second-order valence-corrected chi connectivity index (χ2v) is 5.29. The second kappa shape index (κ2) is 5.85. The van der Waals surface area contributed by atoms with E-state index in [0.717, 1.165) is 11.3 Å². The molecule has 2 nitrogen and oxygen atoms in total. The summed E-state index contributed by atoms with van der Waals surface area (Å²) in [6.45, 7) is 0. The lowest BCUT2D eigenvalue weighted by Gasteiger charge is -1.99. The third-order valence-corrected chi connectivity index (χ3v) is 3.58. The maximum atomic E-state index is 11.8. The lowest BCUT2D eigenvalue weighted by atomic mass is 10.2. The molecule has 0 bridgehead atoms. The zero-order valence-electron chi connectivity index (χ0n) is 9.72. The van der Waals surface area contributed by atoms with E-state index in [1.165, 1.54) is 17.4 Å². The zero-order valence-corrected chi connectivity index (χ0v) is 11.3. The molecular formula is C14H11ClO2S. The molecular weight excluding hydrogens is 268 g/mol. The third kappa shape index (κ3) is 3.22. The van der Waals surface area contributed by atoms with Gasteiger partial charge in [0, 0.05) is 0 Å². The first-order chi connectivity index (χ1) is 8.69. The van der Waals surface area contributed by atoms with Crippen LogP contribution in [0.25, 0.3) is 6.08 Å². The Morgan fingerprint density at radius 2 is 2.17 bits per heavy atom. The SMILES string of the molecule is COc1cccc(/C=C/C(=O)c2ccc(Cl)s2)c1. The first kappa shape index (κ1) is 12.9. The molecule has 0 spiro atoms. The Balaban J connectivity index is 2.12. The van der Waals surface area contributed by atoms with E-state index in [1.807, 2.05) is 24.3 Å². The van der Waals surface area contributed by atoms with Gasteiger partial charge in [0.1, 0.15) is 5.75 Å². The van der Waals surface area contributed by atoms with Crippen molar-refractivity contribution < 1.29 is 9.53 Å². The van der Waals surface area contributed by atoms with E-state index in [9.17, 15) is 4.79 Å². The van der Waals surface area contributed by atoms with E-state index < -0.39 is 0 Å². The number of carbonyl (C=O) groups is 1. The summed E-state index contributed by atoms with van der Waals surface area (Å²) < 4.78 is 5.73. The molecule has 92 valence electrons. The number of hydrogen-bond donors (Lipinski definition) is 0. The van der Waals surface area contributed by atoms with Crippen LogP contribution in [0.2, 0.25) is 4.34 Å². The largest absolute Gasteiger partial charge is 0.497 e. The van der Waals surface area contributed by atoms with Crippen molar-refractivity contribution in [3.63, 3.8) is 0 Å². The van der Waals surface area contributed by atoms with Crippen molar-refractivity contribution in [2.45, 2.75) is 0 Å². The summed E-state index contributed by atoms with van der Waals surface area (Å²) in [5.74, 6) is 0.721. The first-order valence-electron chi connectivity index (χ1n) is 5.31. The van der Waals surface area contributed by atoms with Crippen LogP contribution in [0, 0.1) is 0 Å². The minimum absolute atomic E-state index is 0.0466. The molecule has 2 rings (SSSR count). The highest BCUT2D eigenvalue weighted by Crippen LogP contribution is 2.22. The summed E-state index contributed by atoms with van der Waals surface area (Å²) in [6.07, 6.45) is 3.30. The Bertz CT molecular complexity index is 587. The second-order valence-electron chi connectivity index (χ2n) is 3.58. The molecule has 0 atom stereocenters. The number of hydrogen-bond acceptors (Lipinski definition) is 3. The Hall–Kier alpha value is -1.58. The number of ketones is 1. The Morgan fingerprint density at radius 1 is 1.33 bits per heavy atom. The Labute approximate surface area is 114 Å². The minimum atomic E-state index is -0.0466. The molecule has 1 aromatic heterocycles. The van der Waals surface area contributed by atoms with Crippen LogP contribution in [0.1, 0.15) is 15.2 Å². The van der Waals surface area contributed by atoms with Crippen LogP contribution in [-0.2, 0) is 0 Å². The molecule has 0 unspecified atom stereocenters. The first-order valence-corrected chi connectivity index (χ1v) is 6.50. The average molecular weight is 279 g/mol. The van der Waals surface area contributed by atoms with E-state index in [0.29, 0.717) is 9.21 Å². The molecule has 0 saturated heterocycles. The van der Waals surface area contributed by atoms with Crippen LogP contribution in [0.5, 0.6) is 5.75 Å². The van der Waals surface area contributed by atoms with Gasteiger partial charge in [0.25, 0.3) is 0 Å². The number of ether oxygens (including phenoxy) is 1. The highest BCUT2D eigenvalue weighted by molar-refractivity contribution is 7.18. The zero-order chi connectivity index (χ0) is 13.0. The fourth-order valence-electron chi connectivity index (χ4n) is 1.45. The van der Waals surface area contributed by atoms with Crippen LogP contribution in [0.4, 0.5) is 0 Å². The molecule has 1 heterocycles. The number of rotatable bonds is 4. The van der Waals surface area contributed by atoms with Crippen LogP contribution < -0.4 is 4.74 Å². The minimum Gasteiger partial charge on any atom is -0.497 e. The lowest BCUT2D eigenvalue weighted by molar-refractivity contribution is 0.105. The number of halogens is 1. The number of carbonyl (C=O) groups excluding carboxylic acids is 1. The fourth-order valence-corrected chi connectivity index (χ4v) is 2.41. The van der Waals surface area contributed by atoms with Gasteiger partial charge in [-0.3, -0.25) is 4.79 Å². The molecule has 0 aliphatic heterocycles. The smallest absolute Gasteiger partial charge is 0.195 e. The Morgan fingerprint density at radius 3 is 2.83 bits per heavy atom. The van der Waals surface area contributed by atoms with Gasteiger partial charge in [-0.2, -0.15) is 0 Å². The molecule has 2 aromatic rings. The van der Waals surface area contributed by atoms with E-state index in [2.05, 4.69) is 0 Å². The van der Waals surface area contributed by atoms with Gasteiger partial charge < -0.3 is 4.74 Å². The van der Waals surface area contributed by atoms with Crippen molar-refractivity contribution in [3.8, 4) is 5.75 Å². The lowest BCUT2D eigenvalue weighted by Crippen LogP contribution is -1.89. The number of methoxy groups -OCH3 is 1. The highest BCUT2D eigenvalue weighted by atomic mass is 35.5. The summed E-state index contributed by atoms with van der Waals surface area (Å²) in [6, 6.07) is 11.0. The van der Waals surface area contributed by atoms with Gasteiger partial charge in [0.15, 0.2) is 5.78 Å². The van der Waals surface area contributed by atoms with Crippen LogP contribution >= 0.6 is 22.9 Å². The van der Waals surface area contributed by atoms with Crippen molar-refractivity contribution in [1.29, 1.82) is 0 Å². The predicted octanol–water partition coefficient (Wildman–Crippen LogP) is 4.31. The fraction of sp³-hybridized carbons (Fsp3) is 0.0714. The van der Waals surface area contributed by atoms with Crippen molar-refractivity contribution in [2.75, 3.05) is 7.11 Å². The summed E-state index contributed by atoms with van der Waals surface area (Å²) >= 11 is 7.07. The van der Waals surface area contributed by atoms with E-state index in [-0.39, 0.29) is 5.78 Å². The normalized spacial score (nSPS) is 10.8. The third-order valence-electron chi connectivity index (χ3n) is 2.34. The molecule has 4 heteroatoms. The van der Waals surface area contributed by atoms with Crippen molar-refractivity contribution in [1.82, 2.24) is 0 Å². The van der Waals surface area contributed by atoms with E-state index in [4.69, 9.17) is 16.3 Å². The summed E-state index contributed by atoms with van der Waals surface area (Å²) in [5.41, 5.74) is 0.922. The topological polar surface area (TPSA) is 26.3 Å². The monoisotopic (exact) mass is 278 g/mol. The molecule has 0 amide bonds. The Kier molecular flexibility index (Phi) is 4.18. The number of thiophene rings is 1. The summed E-state index contributed by atoms with van der Waals surface area (Å²) in [4.78, 5) is 12.5. The van der Waals surface area contributed by atoms with Gasteiger partial charge in [-0.15, -0.1) is 11.3 Å². The molecule has 0 aliphatic carbocycles. The summed E-state index contributed by atoms with van der Waals surface area (Å²) in [5, 5.41) is 0. The van der Waals surface area contributed by atoms with Crippen LogP contribution in [-0.4, -0.2) is 12.9 Å². The van der Waals surface area contributed by atoms with Crippen molar-refractivity contribution >= 4 is 34.8 Å². The number of benzene rings is 1. The van der Waals surface area contributed by atoms with Crippen LogP contribution in [0.3, 0.4) is 0 Å².